The molecule has 0 unspecified atom stereocenters. The molecule has 0 saturated heterocycles. The molecule has 23 heavy (non-hydrogen) atoms. The van der Waals surface area contributed by atoms with Crippen molar-refractivity contribution in [1.29, 1.82) is 0 Å². The SMILES string of the molecule is Cn1c(CCNC(=O)Cc2ccc(C(F)(F)F)cc2)n[nH]c1=S. The van der Waals surface area contributed by atoms with Gasteiger partial charge in [-0.1, -0.05) is 12.1 Å². The molecule has 0 fully saturated rings. The predicted octanol–water partition coefficient (Wildman–Crippen LogP) is 2.40. The lowest BCUT2D eigenvalue weighted by Crippen LogP contribution is -2.27. The largest absolute Gasteiger partial charge is 0.416 e. The predicted molar refractivity (Wildman–Crippen MR) is 80.3 cm³/mol. The zero-order chi connectivity index (χ0) is 17.0. The molecule has 0 aliphatic heterocycles. The summed E-state index contributed by atoms with van der Waals surface area (Å²) in [6, 6.07) is 4.55. The van der Waals surface area contributed by atoms with E-state index >= 15 is 0 Å². The third-order valence-electron chi connectivity index (χ3n) is 3.29. The van der Waals surface area contributed by atoms with Crippen LogP contribution in [0.4, 0.5) is 13.2 Å². The molecule has 9 heteroatoms. The van der Waals surface area contributed by atoms with Crippen molar-refractivity contribution in [1.82, 2.24) is 20.1 Å². The van der Waals surface area contributed by atoms with Crippen LogP contribution in [-0.4, -0.2) is 27.2 Å². The van der Waals surface area contributed by atoms with E-state index in [0.29, 0.717) is 29.1 Å². The number of nitrogens with one attached hydrogen (secondary N) is 2. The number of H-pyrrole nitrogens is 1. The maximum atomic E-state index is 12.4. The second-order valence-electron chi connectivity index (χ2n) is 4.98. The fourth-order valence-corrected chi connectivity index (χ4v) is 2.13. The number of benzene rings is 1. The Balaban J connectivity index is 1.83. The number of halogens is 3. The smallest absolute Gasteiger partial charge is 0.355 e. The summed E-state index contributed by atoms with van der Waals surface area (Å²) >= 11 is 4.98. The number of rotatable bonds is 5. The monoisotopic (exact) mass is 344 g/mol. The number of carbonyl (C=O) groups is 1. The summed E-state index contributed by atoms with van der Waals surface area (Å²) in [5, 5.41) is 9.36. The quantitative estimate of drug-likeness (QED) is 0.819. The van der Waals surface area contributed by atoms with Crippen molar-refractivity contribution < 1.29 is 18.0 Å². The molecule has 0 saturated carbocycles. The van der Waals surface area contributed by atoms with Gasteiger partial charge in [0.2, 0.25) is 5.91 Å². The molecule has 2 rings (SSSR count). The number of hydrogen-bond donors (Lipinski definition) is 2. The lowest BCUT2D eigenvalue weighted by atomic mass is 10.1. The molecule has 2 N–H and O–H groups in total. The van der Waals surface area contributed by atoms with Crippen molar-refractivity contribution in [3.05, 3.63) is 46.0 Å². The van der Waals surface area contributed by atoms with Gasteiger partial charge >= 0.3 is 6.18 Å². The van der Waals surface area contributed by atoms with E-state index in [9.17, 15) is 18.0 Å². The summed E-state index contributed by atoms with van der Waals surface area (Å²) in [5.74, 6) is 0.450. The molecular formula is C14H15F3N4OS. The first-order valence-corrected chi connectivity index (χ1v) is 7.21. The summed E-state index contributed by atoms with van der Waals surface area (Å²) in [7, 11) is 1.77. The van der Waals surface area contributed by atoms with Gasteiger partial charge in [-0.05, 0) is 29.9 Å². The van der Waals surface area contributed by atoms with Crippen LogP contribution < -0.4 is 5.32 Å². The maximum absolute atomic E-state index is 12.4. The van der Waals surface area contributed by atoms with Gasteiger partial charge in [0.1, 0.15) is 5.82 Å². The Labute approximate surface area is 135 Å². The summed E-state index contributed by atoms with van der Waals surface area (Å²) in [4.78, 5) is 11.8. The van der Waals surface area contributed by atoms with Crippen molar-refractivity contribution in [3.63, 3.8) is 0 Å². The first-order chi connectivity index (χ1) is 10.8. The zero-order valence-corrected chi connectivity index (χ0v) is 13.1. The highest BCUT2D eigenvalue weighted by Crippen LogP contribution is 2.29. The Morgan fingerprint density at radius 1 is 1.35 bits per heavy atom. The molecule has 2 aromatic rings. The molecule has 0 atom stereocenters. The van der Waals surface area contributed by atoms with E-state index in [-0.39, 0.29) is 12.3 Å². The molecule has 0 aliphatic rings. The van der Waals surface area contributed by atoms with Gasteiger partial charge in [0.15, 0.2) is 4.77 Å². The summed E-state index contributed by atoms with van der Waals surface area (Å²) in [6.45, 7) is 0.368. The Morgan fingerprint density at radius 3 is 2.52 bits per heavy atom. The van der Waals surface area contributed by atoms with Crippen molar-refractivity contribution in [2.75, 3.05) is 6.54 Å². The molecule has 0 bridgehead atoms. The third-order valence-corrected chi connectivity index (χ3v) is 3.65. The molecular weight excluding hydrogens is 329 g/mol. The number of amides is 1. The van der Waals surface area contributed by atoms with Crippen LogP contribution in [0.25, 0.3) is 0 Å². The number of hydrogen-bond acceptors (Lipinski definition) is 3. The van der Waals surface area contributed by atoms with Gasteiger partial charge in [-0.3, -0.25) is 9.89 Å². The number of nitrogens with zero attached hydrogens (tertiary/aromatic N) is 2. The van der Waals surface area contributed by atoms with E-state index in [2.05, 4.69) is 15.5 Å². The highest BCUT2D eigenvalue weighted by Gasteiger charge is 2.29. The van der Waals surface area contributed by atoms with Crippen LogP contribution in [0, 0.1) is 4.77 Å². The highest BCUT2D eigenvalue weighted by molar-refractivity contribution is 7.71. The molecule has 1 aromatic heterocycles. The summed E-state index contributed by atoms with van der Waals surface area (Å²) in [5.41, 5.74) is -0.207. The minimum Gasteiger partial charge on any atom is -0.355 e. The summed E-state index contributed by atoms with van der Waals surface area (Å²) < 4.78 is 39.5. The average Bonchev–Trinajstić information content (AvgIpc) is 2.79. The molecule has 5 nitrogen and oxygen atoms in total. The third kappa shape index (κ3) is 4.65. The minimum absolute atomic E-state index is 0.0249. The first kappa shape index (κ1) is 17.2. The van der Waals surface area contributed by atoms with E-state index in [4.69, 9.17) is 12.2 Å². The Morgan fingerprint density at radius 2 is 2.00 bits per heavy atom. The number of carbonyl (C=O) groups excluding carboxylic acids is 1. The van der Waals surface area contributed by atoms with Gasteiger partial charge in [-0.2, -0.15) is 18.3 Å². The van der Waals surface area contributed by atoms with E-state index in [0.717, 1.165) is 12.1 Å². The molecule has 0 spiro atoms. The minimum atomic E-state index is -4.37. The fourth-order valence-electron chi connectivity index (χ4n) is 1.98. The van der Waals surface area contributed by atoms with Crippen LogP contribution in [0.15, 0.2) is 24.3 Å². The van der Waals surface area contributed by atoms with Crippen LogP contribution in [-0.2, 0) is 30.9 Å². The highest BCUT2D eigenvalue weighted by atomic mass is 32.1. The van der Waals surface area contributed by atoms with Gasteiger partial charge in [0.05, 0.1) is 12.0 Å². The van der Waals surface area contributed by atoms with E-state index in [1.54, 1.807) is 11.6 Å². The van der Waals surface area contributed by atoms with E-state index in [1.807, 2.05) is 0 Å². The molecule has 0 radical (unpaired) electrons. The topological polar surface area (TPSA) is 62.7 Å². The van der Waals surface area contributed by atoms with Crippen molar-refractivity contribution in [2.45, 2.75) is 19.0 Å². The van der Waals surface area contributed by atoms with Crippen LogP contribution in [0.1, 0.15) is 17.0 Å². The second kappa shape index (κ2) is 6.95. The van der Waals surface area contributed by atoms with Crippen LogP contribution in [0.2, 0.25) is 0 Å². The Kier molecular flexibility index (Phi) is 5.19. The fraction of sp³-hybridized carbons (Fsp3) is 0.357. The van der Waals surface area contributed by atoms with Crippen LogP contribution in [0.3, 0.4) is 0 Å². The zero-order valence-electron chi connectivity index (χ0n) is 12.3. The van der Waals surface area contributed by atoms with Crippen molar-refractivity contribution in [3.8, 4) is 0 Å². The van der Waals surface area contributed by atoms with Gasteiger partial charge in [0.25, 0.3) is 0 Å². The normalized spacial score (nSPS) is 11.5. The molecule has 124 valence electrons. The number of aromatic nitrogens is 3. The maximum Gasteiger partial charge on any atom is 0.416 e. The van der Waals surface area contributed by atoms with E-state index < -0.39 is 11.7 Å². The average molecular weight is 344 g/mol. The second-order valence-corrected chi connectivity index (χ2v) is 5.36. The van der Waals surface area contributed by atoms with Gasteiger partial charge in [-0.15, -0.1) is 0 Å². The van der Waals surface area contributed by atoms with Gasteiger partial charge in [0, 0.05) is 20.0 Å². The van der Waals surface area contributed by atoms with E-state index in [1.165, 1.54) is 12.1 Å². The Hall–Kier alpha value is -2.16. The van der Waals surface area contributed by atoms with Crippen molar-refractivity contribution >= 4 is 18.1 Å². The Bertz CT molecular complexity index is 734. The van der Waals surface area contributed by atoms with Crippen LogP contribution in [0.5, 0.6) is 0 Å². The lowest BCUT2D eigenvalue weighted by Gasteiger charge is -2.08. The summed E-state index contributed by atoms with van der Waals surface area (Å²) in [6.07, 6.45) is -3.84. The number of aromatic amines is 1. The van der Waals surface area contributed by atoms with Gasteiger partial charge in [-0.25, -0.2) is 0 Å². The lowest BCUT2D eigenvalue weighted by molar-refractivity contribution is -0.137. The molecule has 1 heterocycles. The molecule has 1 aromatic carbocycles. The molecule has 1 amide bonds. The first-order valence-electron chi connectivity index (χ1n) is 6.80. The number of alkyl halides is 3. The molecule has 0 aliphatic carbocycles. The standard InChI is InChI=1S/C14H15F3N4OS/c1-21-11(19-20-13(21)23)6-7-18-12(22)8-9-2-4-10(5-3-9)14(15,16)17/h2-5H,6-8H2,1H3,(H,18,22)(H,20,23). The van der Waals surface area contributed by atoms with Crippen LogP contribution >= 0.6 is 12.2 Å². The van der Waals surface area contributed by atoms with Crippen molar-refractivity contribution in [2.24, 2.45) is 7.05 Å². The van der Waals surface area contributed by atoms with Gasteiger partial charge < -0.3 is 9.88 Å².